The van der Waals surface area contributed by atoms with Gasteiger partial charge in [-0.1, -0.05) is 33.6 Å². The first kappa shape index (κ1) is 12.0. The van der Waals surface area contributed by atoms with E-state index in [4.69, 9.17) is 5.11 Å². The number of aliphatic hydroxyl groups excluding tert-OH is 1. The molecule has 1 saturated carbocycles. The third-order valence-corrected chi connectivity index (χ3v) is 3.66. The molecule has 1 rings (SSSR count). The predicted molar refractivity (Wildman–Crippen MR) is 60.3 cm³/mol. The topological polar surface area (TPSA) is 32.3 Å². The van der Waals surface area contributed by atoms with Crippen LogP contribution >= 0.6 is 0 Å². The maximum atomic E-state index is 9.16. The maximum absolute atomic E-state index is 9.16. The molecule has 1 unspecified atom stereocenters. The van der Waals surface area contributed by atoms with Gasteiger partial charge in [0.2, 0.25) is 0 Å². The summed E-state index contributed by atoms with van der Waals surface area (Å²) in [5.41, 5.74) is 0.404. The molecule has 0 aromatic rings. The molecule has 0 aromatic heterocycles. The van der Waals surface area contributed by atoms with Crippen molar-refractivity contribution in [3.8, 4) is 0 Å². The van der Waals surface area contributed by atoms with Crippen LogP contribution in [0, 0.1) is 5.41 Å². The third-order valence-electron chi connectivity index (χ3n) is 3.66. The number of nitrogens with one attached hydrogen (secondary N) is 1. The standard InChI is InChI=1S/C12H25NO/c1-4-10(9-14)13-11-7-5-6-8-12(11,2)3/h10-11,13-14H,4-9H2,1-3H3/t10-,11?/m0/s1. The van der Waals surface area contributed by atoms with Crippen molar-refractivity contribution >= 4 is 0 Å². The Labute approximate surface area is 88.1 Å². The molecular weight excluding hydrogens is 174 g/mol. The summed E-state index contributed by atoms with van der Waals surface area (Å²) in [6.45, 7) is 7.08. The van der Waals surface area contributed by atoms with Crippen molar-refractivity contribution in [3.05, 3.63) is 0 Å². The van der Waals surface area contributed by atoms with Crippen molar-refractivity contribution in [2.75, 3.05) is 6.61 Å². The number of rotatable bonds is 4. The van der Waals surface area contributed by atoms with Gasteiger partial charge in [0.25, 0.3) is 0 Å². The van der Waals surface area contributed by atoms with E-state index in [0.29, 0.717) is 11.5 Å². The molecule has 2 N–H and O–H groups in total. The van der Waals surface area contributed by atoms with Crippen LogP contribution in [-0.4, -0.2) is 23.8 Å². The van der Waals surface area contributed by atoms with Crippen LogP contribution in [0.2, 0.25) is 0 Å². The van der Waals surface area contributed by atoms with Gasteiger partial charge in [0.1, 0.15) is 0 Å². The second kappa shape index (κ2) is 5.13. The second-order valence-electron chi connectivity index (χ2n) is 5.24. The van der Waals surface area contributed by atoms with Gasteiger partial charge >= 0.3 is 0 Å². The SMILES string of the molecule is CC[C@@H](CO)NC1CCCCC1(C)C. The van der Waals surface area contributed by atoms with Gasteiger partial charge < -0.3 is 10.4 Å². The lowest BCUT2D eigenvalue weighted by molar-refractivity contribution is 0.133. The van der Waals surface area contributed by atoms with Crippen LogP contribution in [0.1, 0.15) is 52.9 Å². The Morgan fingerprint density at radius 3 is 2.64 bits per heavy atom. The molecule has 0 bridgehead atoms. The van der Waals surface area contributed by atoms with Gasteiger partial charge in [0, 0.05) is 12.1 Å². The minimum absolute atomic E-state index is 0.267. The number of aliphatic hydroxyl groups is 1. The lowest BCUT2D eigenvalue weighted by Crippen LogP contribution is -2.49. The Hall–Kier alpha value is -0.0800. The molecule has 84 valence electrons. The first-order valence-electron chi connectivity index (χ1n) is 5.97. The molecule has 0 aromatic carbocycles. The van der Waals surface area contributed by atoms with Gasteiger partial charge in [-0.05, 0) is 24.7 Å². The minimum atomic E-state index is 0.267. The second-order valence-corrected chi connectivity index (χ2v) is 5.24. The van der Waals surface area contributed by atoms with Gasteiger partial charge in [-0.2, -0.15) is 0 Å². The van der Waals surface area contributed by atoms with Crippen molar-refractivity contribution in [1.29, 1.82) is 0 Å². The Balaban J connectivity index is 2.48. The normalized spacial score (nSPS) is 28.7. The molecule has 1 fully saturated rings. The van der Waals surface area contributed by atoms with Crippen LogP contribution in [0.25, 0.3) is 0 Å². The maximum Gasteiger partial charge on any atom is 0.0584 e. The summed E-state index contributed by atoms with van der Waals surface area (Å²) in [6.07, 6.45) is 6.29. The van der Waals surface area contributed by atoms with Crippen molar-refractivity contribution in [3.63, 3.8) is 0 Å². The van der Waals surface area contributed by atoms with E-state index < -0.39 is 0 Å². The van der Waals surface area contributed by atoms with Crippen LogP contribution in [0.15, 0.2) is 0 Å². The largest absolute Gasteiger partial charge is 0.395 e. The highest BCUT2D eigenvalue weighted by Crippen LogP contribution is 2.35. The Bertz CT molecular complexity index is 164. The van der Waals surface area contributed by atoms with Gasteiger partial charge in [0.05, 0.1) is 6.61 Å². The monoisotopic (exact) mass is 199 g/mol. The van der Waals surface area contributed by atoms with Crippen LogP contribution in [0.5, 0.6) is 0 Å². The first-order chi connectivity index (χ1) is 6.60. The third kappa shape index (κ3) is 2.96. The van der Waals surface area contributed by atoms with Crippen molar-refractivity contribution < 1.29 is 5.11 Å². The van der Waals surface area contributed by atoms with Gasteiger partial charge in [-0.15, -0.1) is 0 Å². The fourth-order valence-electron chi connectivity index (χ4n) is 2.39. The molecule has 0 radical (unpaired) electrons. The first-order valence-corrected chi connectivity index (χ1v) is 5.97. The van der Waals surface area contributed by atoms with E-state index in [1.165, 1.54) is 25.7 Å². The zero-order valence-electron chi connectivity index (χ0n) is 9.84. The summed E-state index contributed by atoms with van der Waals surface area (Å²) < 4.78 is 0. The summed E-state index contributed by atoms with van der Waals surface area (Å²) in [4.78, 5) is 0. The van der Waals surface area contributed by atoms with Gasteiger partial charge in [-0.3, -0.25) is 0 Å². The fraction of sp³-hybridized carbons (Fsp3) is 1.00. The molecule has 0 aliphatic heterocycles. The highest BCUT2D eigenvalue weighted by atomic mass is 16.3. The zero-order valence-corrected chi connectivity index (χ0v) is 9.84. The fourth-order valence-corrected chi connectivity index (χ4v) is 2.39. The van der Waals surface area contributed by atoms with E-state index in [-0.39, 0.29) is 12.6 Å². The van der Waals surface area contributed by atoms with Crippen molar-refractivity contribution in [1.82, 2.24) is 5.32 Å². The van der Waals surface area contributed by atoms with Gasteiger partial charge in [0.15, 0.2) is 0 Å². The lowest BCUT2D eigenvalue weighted by Gasteiger charge is -2.41. The molecule has 0 spiro atoms. The number of hydrogen-bond donors (Lipinski definition) is 2. The molecule has 2 atom stereocenters. The molecule has 2 heteroatoms. The van der Waals surface area contributed by atoms with E-state index in [0.717, 1.165) is 6.42 Å². The molecule has 1 aliphatic carbocycles. The van der Waals surface area contributed by atoms with E-state index >= 15 is 0 Å². The Morgan fingerprint density at radius 2 is 2.14 bits per heavy atom. The summed E-state index contributed by atoms with van der Waals surface area (Å²) in [7, 11) is 0. The van der Waals surface area contributed by atoms with Crippen molar-refractivity contribution in [2.24, 2.45) is 5.41 Å². The molecule has 0 amide bonds. The summed E-state index contributed by atoms with van der Waals surface area (Å²) >= 11 is 0. The molecule has 1 aliphatic rings. The van der Waals surface area contributed by atoms with E-state index in [9.17, 15) is 0 Å². The summed E-state index contributed by atoms with van der Waals surface area (Å²) in [5.74, 6) is 0. The summed E-state index contributed by atoms with van der Waals surface area (Å²) in [5, 5.41) is 12.8. The zero-order chi connectivity index (χ0) is 10.6. The minimum Gasteiger partial charge on any atom is -0.395 e. The highest BCUT2D eigenvalue weighted by molar-refractivity contribution is 4.89. The number of hydrogen-bond acceptors (Lipinski definition) is 2. The van der Waals surface area contributed by atoms with E-state index in [1.807, 2.05) is 0 Å². The van der Waals surface area contributed by atoms with Gasteiger partial charge in [-0.25, -0.2) is 0 Å². The molecule has 2 nitrogen and oxygen atoms in total. The molecule has 14 heavy (non-hydrogen) atoms. The average molecular weight is 199 g/mol. The Morgan fingerprint density at radius 1 is 1.43 bits per heavy atom. The molecule has 0 saturated heterocycles. The van der Waals surface area contributed by atoms with E-state index in [1.54, 1.807) is 0 Å². The smallest absolute Gasteiger partial charge is 0.0584 e. The summed E-state index contributed by atoms with van der Waals surface area (Å²) in [6, 6.07) is 0.880. The average Bonchev–Trinajstić information content (AvgIpc) is 2.16. The van der Waals surface area contributed by atoms with Crippen LogP contribution in [0.4, 0.5) is 0 Å². The molecular formula is C12H25NO. The quantitative estimate of drug-likeness (QED) is 0.728. The van der Waals surface area contributed by atoms with Crippen molar-refractivity contribution in [2.45, 2.75) is 65.0 Å². The van der Waals surface area contributed by atoms with E-state index in [2.05, 4.69) is 26.1 Å². The predicted octanol–water partition coefficient (Wildman–Crippen LogP) is 2.32. The van der Waals surface area contributed by atoms with Crippen LogP contribution in [-0.2, 0) is 0 Å². The van der Waals surface area contributed by atoms with Crippen LogP contribution in [0.3, 0.4) is 0 Å². The lowest BCUT2D eigenvalue weighted by atomic mass is 9.73. The highest BCUT2D eigenvalue weighted by Gasteiger charge is 2.32. The molecule has 0 heterocycles. The van der Waals surface area contributed by atoms with Crippen LogP contribution < -0.4 is 5.32 Å². The Kier molecular flexibility index (Phi) is 4.39.